The first-order chi connectivity index (χ1) is 17.4. The molecule has 0 aromatic heterocycles. The third-order valence-electron chi connectivity index (χ3n) is 7.31. The summed E-state index contributed by atoms with van der Waals surface area (Å²) in [6, 6.07) is 20.1. The summed E-state index contributed by atoms with van der Waals surface area (Å²) in [5, 5.41) is 0.485. The molecule has 1 aliphatic carbocycles. The number of methoxy groups -OCH3 is 1. The maximum Gasteiger partial charge on any atom is 0.237 e. The summed E-state index contributed by atoms with van der Waals surface area (Å²) in [5.41, 5.74) is -0.406. The molecule has 180 valence electrons. The topological polar surface area (TPSA) is 90.0 Å². The number of halogens is 1. The van der Waals surface area contributed by atoms with E-state index in [9.17, 15) is 19.2 Å². The van der Waals surface area contributed by atoms with Crippen LogP contribution in [0.15, 0.2) is 72.8 Å². The smallest absolute Gasteiger partial charge is 0.237 e. The molecule has 8 heteroatoms. The number of carbonyl (C=O) groups is 4. The quantitative estimate of drug-likeness (QED) is 0.396. The Kier molecular flexibility index (Phi) is 5.10. The largest absolute Gasteiger partial charge is 0.497 e. The zero-order chi connectivity index (χ0) is 25.2. The summed E-state index contributed by atoms with van der Waals surface area (Å²) in [4.78, 5) is 56.2. The number of ether oxygens (including phenoxy) is 2. The third-order valence-corrected chi connectivity index (χ3v) is 7.56. The van der Waals surface area contributed by atoms with Crippen LogP contribution in [-0.4, -0.2) is 41.0 Å². The molecule has 2 saturated heterocycles. The lowest BCUT2D eigenvalue weighted by Gasteiger charge is -2.27. The Labute approximate surface area is 211 Å². The molecule has 0 unspecified atom stereocenters. The van der Waals surface area contributed by atoms with E-state index >= 15 is 0 Å². The number of ketones is 2. The number of benzene rings is 3. The highest BCUT2D eigenvalue weighted by Gasteiger charge is 2.74. The van der Waals surface area contributed by atoms with Crippen LogP contribution in [0.2, 0.25) is 5.02 Å². The number of hydrogen-bond acceptors (Lipinski definition) is 6. The van der Waals surface area contributed by atoms with Gasteiger partial charge in [0.05, 0.1) is 31.6 Å². The Morgan fingerprint density at radius 3 is 2.06 bits per heavy atom. The van der Waals surface area contributed by atoms with Crippen molar-refractivity contribution in [3.63, 3.8) is 0 Å². The summed E-state index contributed by atoms with van der Waals surface area (Å²) < 4.78 is 11.4. The van der Waals surface area contributed by atoms with E-state index in [1.807, 2.05) is 0 Å². The number of Topliss-reactive ketones (excluding diaryl/α,β-unsaturated/α-hetero) is 2. The SMILES string of the molecule is COc1ccc(CN2C(=O)[C@H]3[C@@H](C2=O)C2(O[C@H]3c3ccc(Cl)cc3)C(=O)c3ccccc3C2=O)cc1. The maximum atomic E-state index is 13.8. The van der Waals surface area contributed by atoms with Crippen molar-refractivity contribution in [2.75, 3.05) is 7.11 Å². The van der Waals surface area contributed by atoms with Crippen LogP contribution in [0.3, 0.4) is 0 Å². The summed E-state index contributed by atoms with van der Waals surface area (Å²) in [6.07, 6.45) is -0.966. The maximum absolute atomic E-state index is 13.8. The molecule has 3 aromatic carbocycles. The van der Waals surface area contributed by atoms with Gasteiger partial charge in [-0.05, 0) is 35.4 Å². The molecule has 2 fully saturated rings. The third kappa shape index (κ3) is 3.03. The van der Waals surface area contributed by atoms with Gasteiger partial charge in [0.1, 0.15) is 5.75 Å². The van der Waals surface area contributed by atoms with E-state index < -0.39 is 46.9 Å². The van der Waals surface area contributed by atoms with E-state index in [0.29, 0.717) is 21.9 Å². The fraction of sp³-hybridized carbons (Fsp3) is 0.214. The molecular weight excluding hydrogens is 482 g/mol. The van der Waals surface area contributed by atoms with Crippen LogP contribution < -0.4 is 4.74 Å². The van der Waals surface area contributed by atoms with Gasteiger partial charge >= 0.3 is 0 Å². The van der Waals surface area contributed by atoms with Crippen LogP contribution in [-0.2, 0) is 20.9 Å². The van der Waals surface area contributed by atoms with Gasteiger partial charge in [-0.1, -0.05) is 60.1 Å². The van der Waals surface area contributed by atoms with Gasteiger partial charge < -0.3 is 9.47 Å². The number of amides is 2. The Bertz CT molecular complexity index is 1400. The molecule has 2 amide bonds. The van der Waals surface area contributed by atoms with E-state index in [1.54, 1.807) is 79.9 Å². The number of nitrogens with zero attached hydrogens (tertiary/aromatic N) is 1. The van der Waals surface area contributed by atoms with Gasteiger partial charge in [-0.3, -0.25) is 24.1 Å². The number of hydrogen-bond donors (Lipinski definition) is 0. The molecule has 2 heterocycles. The summed E-state index contributed by atoms with van der Waals surface area (Å²) >= 11 is 6.06. The minimum Gasteiger partial charge on any atom is -0.497 e. The molecule has 3 aromatic rings. The Balaban J connectivity index is 1.45. The highest BCUT2D eigenvalue weighted by atomic mass is 35.5. The number of fused-ring (bicyclic) bond motifs is 3. The van der Waals surface area contributed by atoms with Crippen molar-refractivity contribution >= 4 is 35.0 Å². The highest BCUT2D eigenvalue weighted by Crippen LogP contribution is 2.57. The first-order valence-corrected chi connectivity index (χ1v) is 11.8. The van der Waals surface area contributed by atoms with Crippen LogP contribution in [0.5, 0.6) is 5.75 Å². The van der Waals surface area contributed by atoms with E-state index in [4.69, 9.17) is 21.1 Å². The number of carbonyl (C=O) groups excluding carboxylic acids is 4. The Morgan fingerprint density at radius 2 is 1.47 bits per heavy atom. The Morgan fingerprint density at radius 1 is 0.861 bits per heavy atom. The second-order valence-corrected chi connectivity index (χ2v) is 9.58. The van der Waals surface area contributed by atoms with E-state index in [-0.39, 0.29) is 17.7 Å². The lowest BCUT2D eigenvalue weighted by atomic mass is 9.77. The monoisotopic (exact) mass is 501 g/mol. The van der Waals surface area contributed by atoms with Crippen molar-refractivity contribution in [3.05, 3.63) is 100 Å². The van der Waals surface area contributed by atoms with Crippen LogP contribution in [0.4, 0.5) is 0 Å². The van der Waals surface area contributed by atoms with Gasteiger partial charge in [0.15, 0.2) is 0 Å². The van der Waals surface area contributed by atoms with Gasteiger partial charge in [0.25, 0.3) is 0 Å². The van der Waals surface area contributed by atoms with Crippen molar-refractivity contribution in [1.82, 2.24) is 4.90 Å². The van der Waals surface area contributed by atoms with Crippen molar-refractivity contribution in [3.8, 4) is 5.75 Å². The molecule has 0 bridgehead atoms. The zero-order valence-corrected chi connectivity index (χ0v) is 19.9. The summed E-state index contributed by atoms with van der Waals surface area (Å²) in [6.45, 7) is 0.00735. The molecule has 6 rings (SSSR count). The van der Waals surface area contributed by atoms with Gasteiger partial charge in [-0.25, -0.2) is 0 Å². The van der Waals surface area contributed by atoms with Crippen LogP contribution >= 0.6 is 11.6 Å². The molecule has 7 nitrogen and oxygen atoms in total. The number of rotatable bonds is 4. The van der Waals surface area contributed by atoms with Crippen molar-refractivity contribution < 1.29 is 28.7 Å². The standard InChI is InChI=1S/C28H20ClNO6/c1-35-18-12-6-15(7-13-18)14-30-26(33)21-22(27(30)34)28(36-23(21)16-8-10-17(29)11-9-16)24(31)19-4-2-3-5-20(19)25(28)32/h2-13,21-23H,14H2,1H3/t21-,22-,23-/m0/s1. The minimum atomic E-state index is -2.08. The molecule has 2 aliphatic heterocycles. The van der Waals surface area contributed by atoms with Crippen molar-refractivity contribution in [2.45, 2.75) is 18.2 Å². The molecule has 0 N–H and O–H groups in total. The van der Waals surface area contributed by atoms with E-state index in [0.717, 1.165) is 4.90 Å². The minimum absolute atomic E-state index is 0.00735. The fourth-order valence-corrected chi connectivity index (χ4v) is 5.73. The second kappa shape index (κ2) is 8.11. The zero-order valence-electron chi connectivity index (χ0n) is 19.1. The normalized spacial score (nSPS) is 23.9. The summed E-state index contributed by atoms with van der Waals surface area (Å²) in [5.74, 6) is -3.88. The van der Waals surface area contributed by atoms with Gasteiger partial charge in [0.2, 0.25) is 29.0 Å². The van der Waals surface area contributed by atoms with E-state index in [2.05, 4.69) is 0 Å². The van der Waals surface area contributed by atoms with Crippen LogP contribution in [0.1, 0.15) is 37.9 Å². The number of imide groups is 1. The molecule has 0 saturated carbocycles. The molecule has 3 aliphatic rings. The lowest BCUT2D eigenvalue weighted by Crippen LogP contribution is -2.50. The second-order valence-electron chi connectivity index (χ2n) is 9.14. The highest BCUT2D eigenvalue weighted by molar-refractivity contribution is 6.35. The molecule has 36 heavy (non-hydrogen) atoms. The van der Waals surface area contributed by atoms with Gasteiger partial charge in [-0.15, -0.1) is 0 Å². The predicted molar refractivity (Wildman–Crippen MR) is 129 cm³/mol. The predicted octanol–water partition coefficient (Wildman–Crippen LogP) is 4.04. The van der Waals surface area contributed by atoms with E-state index in [1.165, 1.54) is 0 Å². The molecular formula is C28H20ClNO6. The lowest BCUT2D eigenvalue weighted by molar-refractivity contribution is -0.145. The first-order valence-electron chi connectivity index (χ1n) is 11.5. The first kappa shape index (κ1) is 22.6. The Hall–Kier alpha value is -3.81. The molecule has 1 spiro atoms. The summed E-state index contributed by atoms with van der Waals surface area (Å²) in [7, 11) is 1.55. The molecule has 0 radical (unpaired) electrons. The van der Waals surface area contributed by atoms with Crippen LogP contribution in [0.25, 0.3) is 0 Å². The number of likely N-dealkylation sites (tertiary alicyclic amines) is 1. The van der Waals surface area contributed by atoms with Crippen molar-refractivity contribution in [1.29, 1.82) is 0 Å². The average Bonchev–Trinajstić information content (AvgIpc) is 3.46. The fourth-order valence-electron chi connectivity index (χ4n) is 5.60. The van der Waals surface area contributed by atoms with Gasteiger partial charge in [-0.2, -0.15) is 0 Å². The van der Waals surface area contributed by atoms with Crippen LogP contribution in [0, 0.1) is 11.8 Å². The molecule has 3 atom stereocenters. The average molecular weight is 502 g/mol. The van der Waals surface area contributed by atoms with Gasteiger partial charge in [0, 0.05) is 16.1 Å². The van der Waals surface area contributed by atoms with Crippen molar-refractivity contribution in [2.24, 2.45) is 11.8 Å².